The maximum absolute atomic E-state index is 11.6. The molecule has 1 heteroatoms. The molecule has 0 atom stereocenters. The molecule has 75 valence electrons. The van der Waals surface area contributed by atoms with E-state index in [2.05, 4.69) is 6.07 Å². The monoisotopic (exact) mass is 205 g/mol. The Kier molecular flexibility index (Phi) is 1.97. The number of fused-ring (bicyclic) bond motifs is 3. The fraction of sp³-hybridized carbons (Fsp3) is 0. The van der Waals surface area contributed by atoms with E-state index in [1.165, 1.54) is 0 Å². The summed E-state index contributed by atoms with van der Waals surface area (Å²) in [6.45, 7) is 0. The normalized spacial score (nSPS) is 10.8. The maximum atomic E-state index is 11.6. The predicted octanol–water partition coefficient (Wildman–Crippen LogP) is 3.15. The van der Waals surface area contributed by atoms with E-state index in [0.717, 1.165) is 21.5 Å². The lowest BCUT2D eigenvalue weighted by atomic mass is 10.1. The van der Waals surface area contributed by atoms with Gasteiger partial charge in [-0.1, -0.05) is 48.5 Å². The Labute approximate surface area is 93.0 Å². The van der Waals surface area contributed by atoms with Crippen molar-refractivity contribution in [1.29, 1.82) is 0 Å². The summed E-state index contributed by atoms with van der Waals surface area (Å²) in [5, 5.41) is 4.00. The highest BCUT2D eigenvalue weighted by molar-refractivity contribution is 6.05. The van der Waals surface area contributed by atoms with Crippen LogP contribution in [-0.2, 0) is 0 Å². The molecule has 0 N–H and O–H groups in total. The van der Waals surface area contributed by atoms with Crippen molar-refractivity contribution in [2.75, 3.05) is 0 Å². The number of benzene rings is 2. The molecule has 0 aliphatic carbocycles. The average Bonchev–Trinajstić information content (AvgIpc) is 2.44. The van der Waals surface area contributed by atoms with Crippen LogP contribution in [-0.4, -0.2) is 0 Å². The summed E-state index contributed by atoms with van der Waals surface area (Å²) in [4.78, 5) is 11.6. The highest BCUT2D eigenvalue weighted by Gasteiger charge is 1.98. The molecule has 0 fully saturated rings. The summed E-state index contributed by atoms with van der Waals surface area (Å²) in [5.74, 6) is 0. The highest BCUT2D eigenvalue weighted by Crippen LogP contribution is 2.21. The summed E-state index contributed by atoms with van der Waals surface area (Å²) < 4.78 is 0. The second kappa shape index (κ2) is 3.46. The first-order valence-corrected chi connectivity index (χ1v) is 5.19. The zero-order valence-corrected chi connectivity index (χ0v) is 8.60. The zero-order chi connectivity index (χ0) is 11.0. The van der Waals surface area contributed by atoms with Crippen LogP contribution in [0.25, 0.3) is 21.5 Å². The molecule has 0 aliphatic rings. The Hall–Kier alpha value is -2.15. The third-order valence-electron chi connectivity index (χ3n) is 2.72. The van der Waals surface area contributed by atoms with Gasteiger partial charge in [-0.05, 0) is 27.6 Å². The van der Waals surface area contributed by atoms with Crippen molar-refractivity contribution in [3.05, 3.63) is 70.9 Å². The molecule has 3 rings (SSSR count). The molecule has 3 aromatic rings. The number of hydrogen-bond acceptors (Lipinski definition) is 1. The summed E-state index contributed by atoms with van der Waals surface area (Å²) in [5.41, 5.74) is -0.0719. The Balaban J connectivity index is 2.72. The van der Waals surface area contributed by atoms with Crippen molar-refractivity contribution < 1.29 is 0 Å². The molecule has 0 saturated heterocycles. The van der Waals surface area contributed by atoms with Crippen molar-refractivity contribution in [3.63, 3.8) is 0 Å². The zero-order valence-electron chi connectivity index (χ0n) is 8.60. The second-order valence-electron chi connectivity index (χ2n) is 3.77. The number of hydrogen-bond donors (Lipinski definition) is 0. The fourth-order valence-corrected chi connectivity index (χ4v) is 2.01. The molecule has 1 radical (unpaired) electrons. The predicted molar refractivity (Wildman–Crippen MR) is 66.6 cm³/mol. The van der Waals surface area contributed by atoms with Crippen molar-refractivity contribution in [2.45, 2.75) is 0 Å². The molecule has 0 bridgehead atoms. The Morgan fingerprint density at radius 2 is 1.50 bits per heavy atom. The smallest absolute Gasteiger partial charge is 0.187 e. The molecule has 16 heavy (non-hydrogen) atoms. The standard InChI is InChI=1S/C15H9O/c16-13-9-11-5-1-3-7-14(11)15-8-4-2-6-12(15)10-13/h1-9H. The van der Waals surface area contributed by atoms with Gasteiger partial charge in [0.15, 0.2) is 5.43 Å². The molecule has 0 aromatic heterocycles. The Morgan fingerprint density at radius 3 is 2.38 bits per heavy atom. The van der Waals surface area contributed by atoms with Crippen LogP contribution in [0, 0.1) is 6.07 Å². The topological polar surface area (TPSA) is 17.1 Å². The summed E-state index contributed by atoms with van der Waals surface area (Å²) in [6, 6.07) is 20.3. The van der Waals surface area contributed by atoms with Crippen molar-refractivity contribution in [3.8, 4) is 0 Å². The number of rotatable bonds is 0. The Morgan fingerprint density at radius 1 is 0.812 bits per heavy atom. The van der Waals surface area contributed by atoms with Gasteiger partial charge in [0.05, 0.1) is 0 Å². The molecule has 0 heterocycles. The third kappa shape index (κ3) is 1.38. The quantitative estimate of drug-likeness (QED) is 0.551. The molecule has 0 unspecified atom stereocenters. The van der Waals surface area contributed by atoms with E-state index in [1.807, 2.05) is 48.5 Å². The van der Waals surface area contributed by atoms with Crippen LogP contribution >= 0.6 is 0 Å². The van der Waals surface area contributed by atoms with Gasteiger partial charge in [0.2, 0.25) is 0 Å². The second-order valence-corrected chi connectivity index (χ2v) is 3.77. The van der Waals surface area contributed by atoms with Crippen LogP contribution in [0.1, 0.15) is 0 Å². The molecule has 0 spiro atoms. The van der Waals surface area contributed by atoms with E-state index in [0.29, 0.717) is 0 Å². The molecule has 3 aromatic carbocycles. The van der Waals surface area contributed by atoms with Gasteiger partial charge in [0, 0.05) is 6.07 Å². The molecular formula is C15H9O. The SMILES string of the molecule is O=c1[c]c2ccccc2c2ccccc2c1. The van der Waals surface area contributed by atoms with Gasteiger partial charge in [-0.3, -0.25) is 4.79 Å². The summed E-state index contributed by atoms with van der Waals surface area (Å²) in [6.07, 6.45) is 0. The minimum absolute atomic E-state index is 0.0719. The van der Waals surface area contributed by atoms with Crippen LogP contribution in [0.3, 0.4) is 0 Å². The Bertz CT molecular complexity index is 668. The fourth-order valence-electron chi connectivity index (χ4n) is 2.01. The van der Waals surface area contributed by atoms with Gasteiger partial charge >= 0.3 is 0 Å². The van der Waals surface area contributed by atoms with Crippen LogP contribution in [0.2, 0.25) is 0 Å². The minimum Gasteiger partial charge on any atom is -0.289 e. The van der Waals surface area contributed by atoms with Gasteiger partial charge < -0.3 is 0 Å². The van der Waals surface area contributed by atoms with Gasteiger partial charge in [-0.15, -0.1) is 0 Å². The van der Waals surface area contributed by atoms with E-state index in [9.17, 15) is 4.79 Å². The summed E-state index contributed by atoms with van der Waals surface area (Å²) in [7, 11) is 0. The lowest BCUT2D eigenvalue weighted by Crippen LogP contribution is -1.90. The van der Waals surface area contributed by atoms with Crippen LogP contribution in [0.15, 0.2) is 59.4 Å². The van der Waals surface area contributed by atoms with Gasteiger partial charge in [-0.25, -0.2) is 0 Å². The first-order chi connectivity index (χ1) is 7.84. The van der Waals surface area contributed by atoms with E-state index in [4.69, 9.17) is 0 Å². The van der Waals surface area contributed by atoms with Crippen molar-refractivity contribution in [2.24, 2.45) is 0 Å². The van der Waals surface area contributed by atoms with E-state index < -0.39 is 0 Å². The molecule has 0 aliphatic heterocycles. The largest absolute Gasteiger partial charge is 0.289 e. The van der Waals surface area contributed by atoms with Gasteiger partial charge in [0.1, 0.15) is 0 Å². The third-order valence-corrected chi connectivity index (χ3v) is 2.72. The first-order valence-electron chi connectivity index (χ1n) is 5.19. The lowest BCUT2D eigenvalue weighted by molar-refractivity contribution is 1.69. The molecule has 0 saturated carbocycles. The van der Waals surface area contributed by atoms with Crippen LogP contribution in [0.5, 0.6) is 0 Å². The van der Waals surface area contributed by atoms with Crippen molar-refractivity contribution >= 4 is 21.5 Å². The lowest BCUT2D eigenvalue weighted by Gasteiger charge is -1.95. The highest BCUT2D eigenvalue weighted by atomic mass is 16.1. The molecule has 1 nitrogen and oxygen atoms in total. The van der Waals surface area contributed by atoms with E-state index in [1.54, 1.807) is 6.07 Å². The molecular weight excluding hydrogens is 196 g/mol. The first kappa shape index (κ1) is 9.10. The van der Waals surface area contributed by atoms with Crippen molar-refractivity contribution in [1.82, 2.24) is 0 Å². The van der Waals surface area contributed by atoms with E-state index >= 15 is 0 Å². The van der Waals surface area contributed by atoms with Gasteiger partial charge in [-0.2, -0.15) is 0 Å². The minimum atomic E-state index is -0.0719. The average molecular weight is 205 g/mol. The van der Waals surface area contributed by atoms with Crippen LogP contribution in [0.4, 0.5) is 0 Å². The van der Waals surface area contributed by atoms with Gasteiger partial charge in [0.25, 0.3) is 0 Å². The summed E-state index contributed by atoms with van der Waals surface area (Å²) >= 11 is 0. The maximum Gasteiger partial charge on any atom is 0.187 e. The molecule has 0 amide bonds. The van der Waals surface area contributed by atoms with E-state index in [-0.39, 0.29) is 5.43 Å². The van der Waals surface area contributed by atoms with Crippen LogP contribution < -0.4 is 5.43 Å².